The number of amides is 1. The maximum atomic E-state index is 14.3. The number of hydrogen-bond acceptors (Lipinski definition) is 4. The monoisotopic (exact) mass is 458 g/mol. The van der Waals surface area contributed by atoms with E-state index in [0.29, 0.717) is 23.6 Å². The molecule has 4 rings (SSSR count). The Balaban J connectivity index is 1.54. The molecule has 0 aromatic heterocycles. The van der Waals surface area contributed by atoms with E-state index < -0.39 is 26.8 Å². The summed E-state index contributed by atoms with van der Waals surface area (Å²) >= 11 is 11.8. The van der Waals surface area contributed by atoms with Gasteiger partial charge in [-0.2, -0.15) is 4.31 Å². The van der Waals surface area contributed by atoms with Gasteiger partial charge in [0.2, 0.25) is 10.0 Å². The molecule has 0 aliphatic carbocycles. The summed E-state index contributed by atoms with van der Waals surface area (Å²) in [6.07, 6.45) is 0.305. The standard InChI is InChI=1S/C19H17Cl2FN2O4S/c20-13-4-5-16-12(10-13)11-28-19(25)24(16)14-6-8-23(9-7-14)29(26,27)17-3-1-2-15(21)18(17)22/h1-5,10,14H,6-9,11H2. The highest BCUT2D eigenvalue weighted by atomic mass is 35.5. The fraction of sp³-hybridized carbons (Fsp3) is 0.316. The van der Waals surface area contributed by atoms with Gasteiger partial charge in [-0.05, 0) is 43.2 Å². The van der Waals surface area contributed by atoms with Crippen LogP contribution in [-0.4, -0.2) is 37.9 Å². The molecule has 10 heteroatoms. The minimum absolute atomic E-state index is 0.145. The van der Waals surface area contributed by atoms with Crippen molar-refractivity contribution in [2.45, 2.75) is 30.4 Å². The third kappa shape index (κ3) is 3.70. The molecular formula is C19H17Cl2FN2O4S. The summed E-state index contributed by atoms with van der Waals surface area (Å²) in [4.78, 5) is 13.5. The fourth-order valence-corrected chi connectivity index (χ4v) is 5.70. The van der Waals surface area contributed by atoms with Gasteiger partial charge in [0.15, 0.2) is 5.82 Å². The molecule has 6 nitrogen and oxygen atoms in total. The number of hydrogen-bond donors (Lipinski definition) is 0. The third-order valence-corrected chi connectivity index (χ3v) is 7.61. The molecule has 1 saturated heterocycles. The van der Waals surface area contributed by atoms with Crippen LogP contribution < -0.4 is 4.90 Å². The van der Waals surface area contributed by atoms with E-state index in [1.807, 2.05) is 0 Å². The molecule has 0 spiro atoms. The Hall–Kier alpha value is -1.87. The molecule has 154 valence electrons. The molecule has 2 aromatic carbocycles. The highest BCUT2D eigenvalue weighted by Crippen LogP contribution is 2.34. The number of nitrogens with zero attached hydrogens (tertiary/aromatic N) is 2. The molecule has 2 aliphatic rings. The molecule has 2 aliphatic heterocycles. The number of halogens is 3. The van der Waals surface area contributed by atoms with Gasteiger partial charge < -0.3 is 4.74 Å². The Kier molecular flexibility index (Phi) is 5.46. The van der Waals surface area contributed by atoms with Crippen molar-refractivity contribution >= 4 is 45.0 Å². The number of benzene rings is 2. The average molecular weight is 459 g/mol. The first kappa shape index (κ1) is 20.4. The van der Waals surface area contributed by atoms with Crippen LogP contribution in [0.5, 0.6) is 0 Å². The summed E-state index contributed by atoms with van der Waals surface area (Å²) in [6, 6.07) is 8.88. The first-order chi connectivity index (χ1) is 13.8. The van der Waals surface area contributed by atoms with Gasteiger partial charge in [0.25, 0.3) is 0 Å². The van der Waals surface area contributed by atoms with Crippen molar-refractivity contribution < 1.29 is 22.3 Å². The topological polar surface area (TPSA) is 66.9 Å². The zero-order valence-corrected chi connectivity index (χ0v) is 17.5. The summed E-state index contributed by atoms with van der Waals surface area (Å²) < 4.78 is 46.4. The number of fused-ring (bicyclic) bond motifs is 1. The SMILES string of the molecule is O=C1OCc2cc(Cl)ccc2N1C1CCN(S(=O)(=O)c2cccc(Cl)c2F)CC1. The zero-order valence-electron chi connectivity index (χ0n) is 15.1. The minimum Gasteiger partial charge on any atom is -0.444 e. The molecule has 29 heavy (non-hydrogen) atoms. The number of cyclic esters (lactones) is 1. The van der Waals surface area contributed by atoms with Crippen LogP contribution in [0.1, 0.15) is 18.4 Å². The van der Waals surface area contributed by atoms with Gasteiger partial charge in [0.05, 0.1) is 10.7 Å². The Bertz CT molecular complexity index is 1070. The lowest BCUT2D eigenvalue weighted by molar-refractivity contribution is 0.136. The van der Waals surface area contributed by atoms with E-state index in [1.165, 1.54) is 22.5 Å². The summed E-state index contributed by atoms with van der Waals surface area (Å²) in [5.41, 5.74) is 1.51. The smallest absolute Gasteiger partial charge is 0.414 e. The van der Waals surface area contributed by atoms with E-state index >= 15 is 0 Å². The summed E-state index contributed by atoms with van der Waals surface area (Å²) in [7, 11) is -4.03. The molecule has 2 aromatic rings. The number of sulfonamides is 1. The number of piperidine rings is 1. The van der Waals surface area contributed by atoms with Crippen LogP contribution in [0.15, 0.2) is 41.3 Å². The molecule has 0 unspecified atom stereocenters. The molecule has 1 fully saturated rings. The first-order valence-electron chi connectivity index (χ1n) is 8.97. The van der Waals surface area contributed by atoms with E-state index in [9.17, 15) is 17.6 Å². The Morgan fingerprint density at radius 1 is 1.10 bits per heavy atom. The van der Waals surface area contributed by atoms with Crippen LogP contribution in [0.2, 0.25) is 10.0 Å². The zero-order chi connectivity index (χ0) is 20.8. The van der Waals surface area contributed by atoms with Crippen LogP contribution in [0.3, 0.4) is 0 Å². The van der Waals surface area contributed by atoms with Crippen molar-refractivity contribution in [1.82, 2.24) is 4.31 Å². The van der Waals surface area contributed by atoms with E-state index in [0.717, 1.165) is 5.56 Å². The maximum Gasteiger partial charge on any atom is 0.414 e. The van der Waals surface area contributed by atoms with Crippen LogP contribution in [0.25, 0.3) is 0 Å². The number of ether oxygens (including phenoxy) is 1. The highest BCUT2D eigenvalue weighted by molar-refractivity contribution is 7.89. The Labute approximate surface area is 177 Å². The van der Waals surface area contributed by atoms with Crippen molar-refractivity contribution in [2.24, 2.45) is 0 Å². The summed E-state index contributed by atoms with van der Waals surface area (Å²) in [6.45, 7) is 0.434. The van der Waals surface area contributed by atoms with E-state index in [-0.39, 0.29) is 30.8 Å². The van der Waals surface area contributed by atoms with Gasteiger partial charge >= 0.3 is 6.09 Å². The van der Waals surface area contributed by atoms with Crippen LogP contribution >= 0.6 is 23.2 Å². The first-order valence-corrected chi connectivity index (χ1v) is 11.2. The van der Waals surface area contributed by atoms with E-state index in [2.05, 4.69) is 0 Å². The van der Waals surface area contributed by atoms with Gasteiger partial charge in [0, 0.05) is 29.7 Å². The van der Waals surface area contributed by atoms with Crippen molar-refractivity contribution in [2.75, 3.05) is 18.0 Å². The summed E-state index contributed by atoms with van der Waals surface area (Å²) in [5.74, 6) is -0.957. The second-order valence-electron chi connectivity index (χ2n) is 6.88. The van der Waals surface area contributed by atoms with Crippen LogP contribution in [0.4, 0.5) is 14.9 Å². The molecule has 0 bridgehead atoms. The number of rotatable bonds is 3. The average Bonchev–Trinajstić information content (AvgIpc) is 2.70. The largest absolute Gasteiger partial charge is 0.444 e. The summed E-state index contributed by atoms with van der Waals surface area (Å²) in [5, 5.41) is 0.304. The van der Waals surface area contributed by atoms with Gasteiger partial charge in [-0.1, -0.05) is 29.3 Å². The van der Waals surface area contributed by atoms with Gasteiger partial charge in [-0.25, -0.2) is 17.6 Å². The normalized spacial score (nSPS) is 18.4. The van der Waals surface area contributed by atoms with E-state index in [4.69, 9.17) is 27.9 Å². The lowest BCUT2D eigenvalue weighted by Gasteiger charge is -2.39. The quantitative estimate of drug-likeness (QED) is 0.681. The lowest BCUT2D eigenvalue weighted by atomic mass is 10.0. The predicted octanol–water partition coefficient (Wildman–Crippen LogP) is 4.44. The van der Waals surface area contributed by atoms with Crippen molar-refractivity contribution in [3.8, 4) is 0 Å². The second kappa shape index (κ2) is 7.75. The van der Waals surface area contributed by atoms with Crippen molar-refractivity contribution in [1.29, 1.82) is 0 Å². The highest BCUT2D eigenvalue weighted by Gasteiger charge is 2.38. The van der Waals surface area contributed by atoms with Gasteiger partial charge in [-0.3, -0.25) is 4.90 Å². The van der Waals surface area contributed by atoms with Gasteiger partial charge in [0.1, 0.15) is 11.5 Å². The molecule has 1 amide bonds. The lowest BCUT2D eigenvalue weighted by Crippen LogP contribution is -2.50. The molecule has 0 N–H and O–H groups in total. The van der Waals surface area contributed by atoms with Crippen LogP contribution in [-0.2, 0) is 21.4 Å². The molecule has 0 atom stereocenters. The predicted molar refractivity (Wildman–Crippen MR) is 107 cm³/mol. The number of carbonyl (C=O) groups is 1. The minimum atomic E-state index is -4.03. The Morgan fingerprint density at radius 2 is 1.83 bits per heavy atom. The van der Waals surface area contributed by atoms with Crippen molar-refractivity contribution in [3.63, 3.8) is 0 Å². The molecule has 2 heterocycles. The molecule has 0 saturated carbocycles. The van der Waals surface area contributed by atoms with E-state index in [1.54, 1.807) is 23.1 Å². The van der Waals surface area contributed by atoms with Crippen LogP contribution in [0, 0.1) is 5.82 Å². The van der Waals surface area contributed by atoms with Gasteiger partial charge in [-0.15, -0.1) is 0 Å². The molecule has 0 radical (unpaired) electrons. The number of anilines is 1. The molecular weight excluding hydrogens is 442 g/mol. The number of carbonyl (C=O) groups excluding carboxylic acids is 1. The fourth-order valence-electron chi connectivity index (χ4n) is 3.72. The third-order valence-electron chi connectivity index (χ3n) is 5.17. The Morgan fingerprint density at radius 3 is 2.55 bits per heavy atom. The maximum absolute atomic E-state index is 14.3. The second-order valence-corrected chi connectivity index (χ2v) is 9.63. The van der Waals surface area contributed by atoms with Crippen molar-refractivity contribution in [3.05, 3.63) is 57.8 Å².